The summed E-state index contributed by atoms with van der Waals surface area (Å²) in [6.45, 7) is 5.03. The molecule has 0 bridgehead atoms. The SMILES string of the molecule is CC(C)n1nccc1CNc1ccc2occc2c1. The Bertz CT molecular complexity index is 681. The second-order valence-electron chi connectivity index (χ2n) is 4.89. The molecule has 0 atom stereocenters. The Morgan fingerprint density at radius 3 is 3.00 bits per heavy atom. The number of anilines is 1. The van der Waals surface area contributed by atoms with E-state index < -0.39 is 0 Å². The van der Waals surface area contributed by atoms with Crippen LogP contribution in [-0.4, -0.2) is 9.78 Å². The zero-order valence-electron chi connectivity index (χ0n) is 11.1. The Labute approximate surface area is 112 Å². The standard InChI is InChI=1S/C15H17N3O/c1-11(2)18-14(5-7-17-18)10-16-13-3-4-15-12(9-13)6-8-19-15/h3-9,11,16H,10H2,1-2H3. The van der Waals surface area contributed by atoms with E-state index in [0.29, 0.717) is 6.04 Å². The number of hydrogen-bond acceptors (Lipinski definition) is 3. The average Bonchev–Trinajstić information content (AvgIpc) is 3.04. The van der Waals surface area contributed by atoms with E-state index in [9.17, 15) is 0 Å². The van der Waals surface area contributed by atoms with Gasteiger partial charge in [-0.05, 0) is 44.2 Å². The number of nitrogens with zero attached hydrogens (tertiary/aromatic N) is 2. The van der Waals surface area contributed by atoms with Gasteiger partial charge in [0.1, 0.15) is 5.58 Å². The van der Waals surface area contributed by atoms with Crippen LogP contribution in [0.25, 0.3) is 11.0 Å². The summed E-state index contributed by atoms with van der Waals surface area (Å²) in [5.41, 5.74) is 3.19. The molecule has 19 heavy (non-hydrogen) atoms. The molecule has 2 heterocycles. The van der Waals surface area contributed by atoms with Gasteiger partial charge in [-0.1, -0.05) is 0 Å². The Morgan fingerprint density at radius 2 is 2.16 bits per heavy atom. The molecule has 0 fully saturated rings. The lowest BCUT2D eigenvalue weighted by molar-refractivity contribution is 0.512. The predicted octanol–water partition coefficient (Wildman–Crippen LogP) is 3.82. The predicted molar refractivity (Wildman–Crippen MR) is 76.2 cm³/mol. The number of furan rings is 1. The first-order chi connectivity index (χ1) is 9.24. The molecule has 0 radical (unpaired) electrons. The summed E-state index contributed by atoms with van der Waals surface area (Å²) in [6.07, 6.45) is 3.55. The Morgan fingerprint density at radius 1 is 1.26 bits per heavy atom. The summed E-state index contributed by atoms with van der Waals surface area (Å²) in [4.78, 5) is 0. The highest BCUT2D eigenvalue weighted by atomic mass is 16.3. The minimum Gasteiger partial charge on any atom is -0.464 e. The van der Waals surface area contributed by atoms with E-state index in [-0.39, 0.29) is 0 Å². The van der Waals surface area contributed by atoms with Crippen LogP contribution in [0.4, 0.5) is 5.69 Å². The molecule has 3 rings (SSSR count). The van der Waals surface area contributed by atoms with Gasteiger partial charge >= 0.3 is 0 Å². The van der Waals surface area contributed by atoms with Crippen LogP contribution < -0.4 is 5.32 Å². The van der Waals surface area contributed by atoms with Crippen LogP contribution in [0.3, 0.4) is 0 Å². The van der Waals surface area contributed by atoms with Gasteiger partial charge in [-0.2, -0.15) is 5.10 Å². The van der Waals surface area contributed by atoms with Gasteiger partial charge in [0.15, 0.2) is 0 Å². The highest BCUT2D eigenvalue weighted by molar-refractivity contribution is 5.81. The van der Waals surface area contributed by atoms with Crippen molar-refractivity contribution in [1.29, 1.82) is 0 Å². The molecule has 0 aliphatic carbocycles. The van der Waals surface area contributed by atoms with Gasteiger partial charge in [-0.3, -0.25) is 4.68 Å². The van der Waals surface area contributed by atoms with Crippen molar-refractivity contribution in [2.45, 2.75) is 26.4 Å². The molecule has 4 nitrogen and oxygen atoms in total. The lowest BCUT2D eigenvalue weighted by Gasteiger charge is -2.12. The average molecular weight is 255 g/mol. The van der Waals surface area contributed by atoms with E-state index in [0.717, 1.165) is 23.2 Å². The minimum atomic E-state index is 0.378. The first-order valence-corrected chi connectivity index (χ1v) is 6.47. The molecule has 0 saturated heterocycles. The minimum absolute atomic E-state index is 0.378. The van der Waals surface area contributed by atoms with Gasteiger partial charge in [0.2, 0.25) is 0 Å². The normalized spacial score (nSPS) is 11.3. The highest BCUT2D eigenvalue weighted by Crippen LogP contribution is 2.20. The van der Waals surface area contributed by atoms with Crippen molar-refractivity contribution in [1.82, 2.24) is 9.78 Å². The van der Waals surface area contributed by atoms with Crippen molar-refractivity contribution < 1.29 is 4.42 Å². The quantitative estimate of drug-likeness (QED) is 0.770. The number of benzene rings is 1. The van der Waals surface area contributed by atoms with E-state index in [1.54, 1.807) is 6.26 Å². The van der Waals surface area contributed by atoms with E-state index in [2.05, 4.69) is 30.3 Å². The molecular formula is C15H17N3O. The van der Waals surface area contributed by atoms with Gasteiger partial charge in [-0.15, -0.1) is 0 Å². The zero-order valence-corrected chi connectivity index (χ0v) is 11.1. The lowest BCUT2D eigenvalue weighted by Crippen LogP contribution is -2.10. The molecular weight excluding hydrogens is 238 g/mol. The summed E-state index contributed by atoms with van der Waals surface area (Å²) in [5, 5.41) is 8.87. The fraction of sp³-hybridized carbons (Fsp3) is 0.267. The second-order valence-corrected chi connectivity index (χ2v) is 4.89. The maximum atomic E-state index is 5.33. The number of fused-ring (bicyclic) bond motifs is 1. The first kappa shape index (κ1) is 11.8. The monoisotopic (exact) mass is 255 g/mol. The van der Waals surface area contributed by atoms with Crippen LogP contribution in [0.5, 0.6) is 0 Å². The third-order valence-electron chi connectivity index (χ3n) is 3.17. The van der Waals surface area contributed by atoms with E-state index in [1.807, 2.05) is 35.1 Å². The van der Waals surface area contributed by atoms with Gasteiger partial charge in [0.05, 0.1) is 18.5 Å². The molecule has 1 N–H and O–H groups in total. The summed E-state index contributed by atoms with van der Waals surface area (Å²) in [5.74, 6) is 0. The topological polar surface area (TPSA) is 43.0 Å². The smallest absolute Gasteiger partial charge is 0.133 e. The van der Waals surface area contributed by atoms with E-state index >= 15 is 0 Å². The Kier molecular flexibility index (Phi) is 2.99. The molecule has 3 aromatic rings. The molecule has 4 heteroatoms. The molecule has 1 aromatic carbocycles. The van der Waals surface area contributed by atoms with Crippen molar-refractivity contribution in [3.63, 3.8) is 0 Å². The van der Waals surface area contributed by atoms with Crippen molar-refractivity contribution in [2.75, 3.05) is 5.32 Å². The fourth-order valence-electron chi connectivity index (χ4n) is 2.22. The van der Waals surface area contributed by atoms with Crippen LogP contribution in [0, 0.1) is 0 Å². The van der Waals surface area contributed by atoms with Crippen molar-refractivity contribution in [3.05, 3.63) is 48.5 Å². The summed E-state index contributed by atoms with van der Waals surface area (Å²) >= 11 is 0. The van der Waals surface area contributed by atoms with E-state index in [1.165, 1.54) is 5.69 Å². The largest absolute Gasteiger partial charge is 0.464 e. The number of rotatable bonds is 4. The van der Waals surface area contributed by atoms with E-state index in [4.69, 9.17) is 4.42 Å². The number of nitrogens with one attached hydrogen (secondary N) is 1. The molecule has 0 unspecified atom stereocenters. The Hall–Kier alpha value is -2.23. The summed E-state index contributed by atoms with van der Waals surface area (Å²) in [6, 6.07) is 10.5. The third-order valence-corrected chi connectivity index (χ3v) is 3.17. The van der Waals surface area contributed by atoms with Crippen molar-refractivity contribution in [3.8, 4) is 0 Å². The van der Waals surface area contributed by atoms with Crippen LogP contribution in [-0.2, 0) is 6.54 Å². The highest BCUT2D eigenvalue weighted by Gasteiger charge is 2.05. The van der Waals surface area contributed by atoms with Crippen LogP contribution >= 0.6 is 0 Å². The van der Waals surface area contributed by atoms with Gasteiger partial charge in [-0.25, -0.2) is 0 Å². The molecule has 0 aliphatic heterocycles. The summed E-state index contributed by atoms with van der Waals surface area (Å²) in [7, 11) is 0. The molecule has 0 saturated carbocycles. The van der Waals surface area contributed by atoms with Crippen LogP contribution in [0.2, 0.25) is 0 Å². The maximum Gasteiger partial charge on any atom is 0.133 e. The van der Waals surface area contributed by atoms with Gasteiger partial charge in [0.25, 0.3) is 0 Å². The molecule has 98 valence electrons. The van der Waals surface area contributed by atoms with Crippen LogP contribution in [0.1, 0.15) is 25.6 Å². The Balaban J connectivity index is 1.76. The molecule has 0 aliphatic rings. The van der Waals surface area contributed by atoms with Gasteiger partial charge < -0.3 is 9.73 Å². The van der Waals surface area contributed by atoms with Crippen molar-refractivity contribution >= 4 is 16.7 Å². The number of hydrogen-bond donors (Lipinski definition) is 1. The number of aromatic nitrogens is 2. The lowest BCUT2D eigenvalue weighted by atomic mass is 10.2. The third kappa shape index (κ3) is 2.34. The van der Waals surface area contributed by atoms with Crippen LogP contribution in [0.15, 0.2) is 47.2 Å². The maximum absolute atomic E-state index is 5.33. The molecule has 0 amide bonds. The van der Waals surface area contributed by atoms with Gasteiger partial charge in [0, 0.05) is 23.3 Å². The van der Waals surface area contributed by atoms with Crippen molar-refractivity contribution in [2.24, 2.45) is 0 Å². The second kappa shape index (κ2) is 4.80. The first-order valence-electron chi connectivity index (χ1n) is 6.47. The fourth-order valence-corrected chi connectivity index (χ4v) is 2.22. The summed E-state index contributed by atoms with van der Waals surface area (Å²) < 4.78 is 7.36. The zero-order chi connectivity index (χ0) is 13.2. The molecule has 0 spiro atoms. The molecule has 2 aromatic heterocycles.